The lowest BCUT2D eigenvalue weighted by Gasteiger charge is -2.13. The molecule has 4 heteroatoms. The molecule has 1 unspecified atom stereocenters. The molecule has 0 fully saturated rings. The molecule has 106 valence electrons. The SMILES string of the molecule is CCOc1ccc(C(Br)c2ccc(F)c(OC)c2)cc1. The molecule has 2 aromatic carbocycles. The lowest BCUT2D eigenvalue weighted by molar-refractivity contribution is 0.340. The summed E-state index contributed by atoms with van der Waals surface area (Å²) >= 11 is 3.63. The van der Waals surface area contributed by atoms with Crippen LogP contribution in [0, 0.1) is 5.82 Å². The Kier molecular flexibility index (Phi) is 5.01. The lowest BCUT2D eigenvalue weighted by Crippen LogP contribution is -1.96. The molecule has 0 aliphatic rings. The van der Waals surface area contributed by atoms with E-state index < -0.39 is 0 Å². The van der Waals surface area contributed by atoms with Gasteiger partial charge in [0.25, 0.3) is 0 Å². The highest BCUT2D eigenvalue weighted by molar-refractivity contribution is 9.09. The van der Waals surface area contributed by atoms with Crippen molar-refractivity contribution in [3.05, 3.63) is 59.4 Å². The second-order valence-electron chi connectivity index (χ2n) is 4.26. The van der Waals surface area contributed by atoms with Gasteiger partial charge < -0.3 is 9.47 Å². The molecule has 2 aromatic rings. The summed E-state index contributed by atoms with van der Waals surface area (Å²) in [6.45, 7) is 2.60. The maximum absolute atomic E-state index is 13.4. The average molecular weight is 339 g/mol. The molecule has 2 rings (SSSR count). The fourth-order valence-electron chi connectivity index (χ4n) is 1.93. The molecule has 0 aliphatic carbocycles. The summed E-state index contributed by atoms with van der Waals surface area (Å²) in [7, 11) is 1.46. The summed E-state index contributed by atoms with van der Waals surface area (Å²) in [5.74, 6) is 0.730. The van der Waals surface area contributed by atoms with Crippen LogP contribution in [-0.4, -0.2) is 13.7 Å². The number of benzene rings is 2. The number of hydrogen-bond acceptors (Lipinski definition) is 2. The van der Waals surface area contributed by atoms with Gasteiger partial charge in [-0.15, -0.1) is 0 Å². The van der Waals surface area contributed by atoms with Crippen molar-refractivity contribution >= 4 is 15.9 Å². The van der Waals surface area contributed by atoms with E-state index in [2.05, 4.69) is 15.9 Å². The van der Waals surface area contributed by atoms with E-state index >= 15 is 0 Å². The monoisotopic (exact) mass is 338 g/mol. The zero-order valence-corrected chi connectivity index (χ0v) is 13.0. The Bertz CT molecular complexity index is 569. The topological polar surface area (TPSA) is 18.5 Å². The van der Waals surface area contributed by atoms with Crippen LogP contribution in [0.25, 0.3) is 0 Å². The Labute approximate surface area is 126 Å². The van der Waals surface area contributed by atoms with E-state index in [9.17, 15) is 4.39 Å². The second kappa shape index (κ2) is 6.75. The first-order valence-corrected chi connectivity index (χ1v) is 7.27. The number of hydrogen-bond donors (Lipinski definition) is 0. The molecule has 20 heavy (non-hydrogen) atoms. The third-order valence-corrected chi connectivity index (χ3v) is 4.01. The van der Waals surface area contributed by atoms with E-state index in [1.807, 2.05) is 31.2 Å². The van der Waals surface area contributed by atoms with Crippen molar-refractivity contribution in [1.29, 1.82) is 0 Å². The quantitative estimate of drug-likeness (QED) is 0.734. The molecule has 0 bridgehead atoms. The number of halogens is 2. The number of ether oxygens (including phenoxy) is 2. The van der Waals surface area contributed by atoms with E-state index in [4.69, 9.17) is 9.47 Å². The predicted octanol–water partition coefficient (Wildman–Crippen LogP) is 4.72. The fourth-order valence-corrected chi connectivity index (χ4v) is 2.52. The normalized spacial score (nSPS) is 12.0. The Morgan fingerprint density at radius 2 is 1.75 bits per heavy atom. The summed E-state index contributed by atoms with van der Waals surface area (Å²) in [5, 5.41) is 0. The first-order chi connectivity index (χ1) is 9.65. The van der Waals surface area contributed by atoms with Crippen molar-refractivity contribution in [2.45, 2.75) is 11.8 Å². The minimum atomic E-state index is -0.359. The Balaban J connectivity index is 2.24. The zero-order valence-electron chi connectivity index (χ0n) is 11.4. The molecule has 0 N–H and O–H groups in total. The van der Waals surface area contributed by atoms with Gasteiger partial charge in [0, 0.05) is 0 Å². The molecular weight excluding hydrogens is 323 g/mol. The number of alkyl halides is 1. The van der Waals surface area contributed by atoms with Crippen LogP contribution in [-0.2, 0) is 0 Å². The summed E-state index contributed by atoms with van der Waals surface area (Å²) in [5.41, 5.74) is 2.01. The molecule has 0 heterocycles. The molecule has 2 nitrogen and oxygen atoms in total. The van der Waals surface area contributed by atoms with Crippen LogP contribution in [0.2, 0.25) is 0 Å². The van der Waals surface area contributed by atoms with E-state index in [1.54, 1.807) is 12.1 Å². The molecule has 0 aromatic heterocycles. The number of methoxy groups -OCH3 is 1. The summed E-state index contributed by atoms with van der Waals surface area (Å²) < 4.78 is 23.8. The third-order valence-electron chi connectivity index (χ3n) is 2.95. The first-order valence-electron chi connectivity index (χ1n) is 6.36. The Morgan fingerprint density at radius 1 is 1.10 bits per heavy atom. The predicted molar refractivity (Wildman–Crippen MR) is 81.3 cm³/mol. The average Bonchev–Trinajstić information content (AvgIpc) is 2.48. The van der Waals surface area contributed by atoms with Crippen LogP contribution >= 0.6 is 15.9 Å². The van der Waals surface area contributed by atoms with Crippen LogP contribution in [0.3, 0.4) is 0 Å². The van der Waals surface area contributed by atoms with Crippen molar-refractivity contribution in [2.24, 2.45) is 0 Å². The fraction of sp³-hybridized carbons (Fsp3) is 0.250. The Morgan fingerprint density at radius 3 is 2.35 bits per heavy atom. The van der Waals surface area contributed by atoms with E-state index in [1.165, 1.54) is 13.2 Å². The summed E-state index contributed by atoms with van der Waals surface area (Å²) in [4.78, 5) is -0.0207. The first kappa shape index (κ1) is 14.9. The van der Waals surface area contributed by atoms with Crippen LogP contribution in [0.4, 0.5) is 4.39 Å². The summed E-state index contributed by atoms with van der Waals surface area (Å²) in [6.07, 6.45) is 0. The van der Waals surface area contributed by atoms with E-state index in [-0.39, 0.29) is 16.4 Å². The third kappa shape index (κ3) is 3.31. The smallest absolute Gasteiger partial charge is 0.165 e. The van der Waals surface area contributed by atoms with Crippen LogP contribution in [0.15, 0.2) is 42.5 Å². The van der Waals surface area contributed by atoms with Crippen LogP contribution < -0.4 is 9.47 Å². The van der Waals surface area contributed by atoms with Crippen molar-refractivity contribution in [3.8, 4) is 11.5 Å². The van der Waals surface area contributed by atoms with Gasteiger partial charge in [-0.3, -0.25) is 0 Å². The van der Waals surface area contributed by atoms with Gasteiger partial charge in [0.1, 0.15) is 5.75 Å². The van der Waals surface area contributed by atoms with Gasteiger partial charge >= 0.3 is 0 Å². The molecule has 0 saturated heterocycles. The van der Waals surface area contributed by atoms with Crippen molar-refractivity contribution in [3.63, 3.8) is 0 Å². The maximum Gasteiger partial charge on any atom is 0.165 e. The van der Waals surface area contributed by atoms with Crippen molar-refractivity contribution in [2.75, 3.05) is 13.7 Å². The molecule has 0 aliphatic heterocycles. The standard InChI is InChI=1S/C16H16BrFO2/c1-3-20-13-7-4-11(5-8-13)16(17)12-6-9-14(18)15(10-12)19-2/h4-10,16H,3H2,1-2H3. The van der Waals surface area contributed by atoms with Gasteiger partial charge in [0.05, 0.1) is 18.5 Å². The zero-order chi connectivity index (χ0) is 14.5. The lowest BCUT2D eigenvalue weighted by atomic mass is 10.0. The maximum atomic E-state index is 13.4. The summed E-state index contributed by atoms with van der Waals surface area (Å²) in [6, 6.07) is 12.7. The van der Waals surface area contributed by atoms with Gasteiger partial charge in [-0.25, -0.2) is 4.39 Å². The van der Waals surface area contributed by atoms with Crippen molar-refractivity contribution < 1.29 is 13.9 Å². The van der Waals surface area contributed by atoms with Gasteiger partial charge in [-0.05, 0) is 42.3 Å². The minimum absolute atomic E-state index is 0.0207. The van der Waals surface area contributed by atoms with E-state index in [0.29, 0.717) is 6.61 Å². The number of rotatable bonds is 5. The van der Waals surface area contributed by atoms with E-state index in [0.717, 1.165) is 16.9 Å². The minimum Gasteiger partial charge on any atom is -0.494 e. The van der Waals surface area contributed by atoms with Gasteiger partial charge in [-0.2, -0.15) is 0 Å². The molecular formula is C16H16BrFO2. The Hall–Kier alpha value is -1.55. The molecule has 0 radical (unpaired) electrons. The molecule has 0 spiro atoms. The molecule has 0 amide bonds. The second-order valence-corrected chi connectivity index (χ2v) is 5.17. The highest BCUT2D eigenvalue weighted by Gasteiger charge is 2.13. The van der Waals surface area contributed by atoms with Crippen LogP contribution in [0.5, 0.6) is 11.5 Å². The highest BCUT2D eigenvalue weighted by atomic mass is 79.9. The van der Waals surface area contributed by atoms with Crippen molar-refractivity contribution in [1.82, 2.24) is 0 Å². The van der Waals surface area contributed by atoms with Gasteiger partial charge in [0.2, 0.25) is 0 Å². The highest BCUT2D eigenvalue weighted by Crippen LogP contribution is 2.34. The van der Waals surface area contributed by atoms with Gasteiger partial charge in [0.15, 0.2) is 11.6 Å². The molecule has 0 saturated carbocycles. The van der Waals surface area contributed by atoms with Crippen LogP contribution in [0.1, 0.15) is 22.9 Å². The largest absolute Gasteiger partial charge is 0.494 e. The molecule has 1 atom stereocenters. The van der Waals surface area contributed by atoms with Gasteiger partial charge in [-0.1, -0.05) is 34.1 Å².